The summed E-state index contributed by atoms with van der Waals surface area (Å²) >= 11 is 0. The van der Waals surface area contributed by atoms with Gasteiger partial charge in [-0.25, -0.2) is 0 Å². The van der Waals surface area contributed by atoms with Crippen LogP contribution in [0.15, 0.2) is 48.5 Å². The Balaban J connectivity index is 2.13. The van der Waals surface area contributed by atoms with E-state index in [9.17, 15) is 9.59 Å². The van der Waals surface area contributed by atoms with Crippen LogP contribution in [-0.4, -0.2) is 19.3 Å². The minimum atomic E-state index is -0.231. The molecular formula is C15H13NO3. The highest BCUT2D eigenvalue weighted by atomic mass is 16.5. The molecule has 0 aromatic heterocycles. The molecule has 0 unspecified atom stereocenters. The molecule has 0 saturated heterocycles. The van der Waals surface area contributed by atoms with E-state index in [2.05, 4.69) is 5.32 Å². The van der Waals surface area contributed by atoms with Crippen molar-refractivity contribution in [3.05, 3.63) is 59.7 Å². The summed E-state index contributed by atoms with van der Waals surface area (Å²) in [5.74, 6) is 0.463. The first kappa shape index (κ1) is 12.8. The monoisotopic (exact) mass is 255 g/mol. The van der Waals surface area contributed by atoms with Crippen LogP contribution < -0.4 is 10.1 Å². The van der Waals surface area contributed by atoms with Crippen LogP contribution in [0.1, 0.15) is 20.7 Å². The molecule has 0 saturated carbocycles. The van der Waals surface area contributed by atoms with Crippen molar-refractivity contribution < 1.29 is 14.3 Å². The van der Waals surface area contributed by atoms with Crippen molar-refractivity contribution in [3.63, 3.8) is 0 Å². The fraction of sp³-hybridized carbons (Fsp3) is 0.0667. The standard InChI is InChI=1S/C15H13NO3/c1-19-14-7-5-12(6-8-14)15(18)16-13-4-2-3-11(9-13)10-17/h2-10H,1H3,(H,16,18). The van der Waals surface area contributed by atoms with Gasteiger partial charge in [-0.15, -0.1) is 0 Å². The lowest BCUT2D eigenvalue weighted by atomic mass is 10.2. The highest BCUT2D eigenvalue weighted by molar-refractivity contribution is 6.04. The summed E-state index contributed by atoms with van der Waals surface area (Å²) in [5, 5.41) is 2.73. The number of anilines is 1. The third-order valence-corrected chi connectivity index (χ3v) is 2.63. The normalized spacial score (nSPS) is 9.74. The number of hydrogen-bond donors (Lipinski definition) is 1. The molecule has 1 N–H and O–H groups in total. The van der Waals surface area contributed by atoms with E-state index in [0.717, 1.165) is 6.29 Å². The summed E-state index contributed by atoms with van der Waals surface area (Å²) < 4.78 is 5.03. The number of aldehydes is 1. The van der Waals surface area contributed by atoms with Crippen LogP contribution in [0, 0.1) is 0 Å². The molecule has 0 spiro atoms. The van der Waals surface area contributed by atoms with Crippen LogP contribution >= 0.6 is 0 Å². The molecule has 1 amide bonds. The maximum atomic E-state index is 12.0. The zero-order valence-electron chi connectivity index (χ0n) is 10.4. The predicted molar refractivity (Wildman–Crippen MR) is 72.8 cm³/mol. The van der Waals surface area contributed by atoms with Gasteiger partial charge in [-0.1, -0.05) is 12.1 Å². The van der Waals surface area contributed by atoms with E-state index in [4.69, 9.17) is 4.74 Å². The Kier molecular flexibility index (Phi) is 3.93. The first-order chi connectivity index (χ1) is 9.22. The third kappa shape index (κ3) is 3.19. The van der Waals surface area contributed by atoms with Crippen LogP contribution in [0.25, 0.3) is 0 Å². The molecule has 0 aliphatic heterocycles. The van der Waals surface area contributed by atoms with Gasteiger partial charge in [0.15, 0.2) is 0 Å². The lowest BCUT2D eigenvalue weighted by molar-refractivity contribution is 0.102. The summed E-state index contributed by atoms with van der Waals surface area (Å²) in [4.78, 5) is 22.6. The van der Waals surface area contributed by atoms with E-state index < -0.39 is 0 Å². The average molecular weight is 255 g/mol. The molecule has 0 aliphatic rings. The van der Waals surface area contributed by atoms with E-state index in [-0.39, 0.29) is 5.91 Å². The lowest BCUT2D eigenvalue weighted by Gasteiger charge is -2.06. The summed E-state index contributed by atoms with van der Waals surface area (Å²) in [6.45, 7) is 0. The topological polar surface area (TPSA) is 55.4 Å². The predicted octanol–water partition coefficient (Wildman–Crippen LogP) is 2.76. The molecule has 19 heavy (non-hydrogen) atoms. The van der Waals surface area contributed by atoms with Crippen molar-refractivity contribution in [2.24, 2.45) is 0 Å². The number of amides is 1. The van der Waals surface area contributed by atoms with Crippen molar-refractivity contribution in [1.29, 1.82) is 0 Å². The second-order valence-corrected chi connectivity index (χ2v) is 3.93. The van der Waals surface area contributed by atoms with Crippen LogP contribution in [0.4, 0.5) is 5.69 Å². The highest BCUT2D eigenvalue weighted by Gasteiger charge is 2.06. The van der Waals surface area contributed by atoms with Crippen LogP contribution in [-0.2, 0) is 0 Å². The second-order valence-electron chi connectivity index (χ2n) is 3.93. The first-order valence-electron chi connectivity index (χ1n) is 5.73. The number of ether oxygens (including phenoxy) is 1. The summed E-state index contributed by atoms with van der Waals surface area (Å²) in [6, 6.07) is 13.5. The summed E-state index contributed by atoms with van der Waals surface area (Å²) in [6.07, 6.45) is 0.739. The number of carbonyl (C=O) groups excluding carboxylic acids is 2. The van der Waals surface area contributed by atoms with E-state index >= 15 is 0 Å². The third-order valence-electron chi connectivity index (χ3n) is 2.63. The summed E-state index contributed by atoms with van der Waals surface area (Å²) in [5.41, 5.74) is 1.63. The Morgan fingerprint density at radius 1 is 1.16 bits per heavy atom. The number of rotatable bonds is 4. The Morgan fingerprint density at radius 3 is 2.53 bits per heavy atom. The van der Waals surface area contributed by atoms with E-state index in [1.165, 1.54) is 0 Å². The zero-order chi connectivity index (χ0) is 13.7. The van der Waals surface area contributed by atoms with Crippen molar-refractivity contribution in [3.8, 4) is 5.75 Å². The van der Waals surface area contributed by atoms with Gasteiger partial charge in [-0.3, -0.25) is 9.59 Å². The maximum Gasteiger partial charge on any atom is 0.255 e. The van der Waals surface area contributed by atoms with Gasteiger partial charge < -0.3 is 10.1 Å². The van der Waals surface area contributed by atoms with Crippen LogP contribution in [0.2, 0.25) is 0 Å². The Labute approximate surface area is 111 Å². The van der Waals surface area contributed by atoms with Crippen molar-refractivity contribution >= 4 is 17.9 Å². The molecule has 2 aromatic carbocycles. The fourth-order valence-corrected chi connectivity index (χ4v) is 1.64. The molecule has 0 atom stereocenters. The van der Waals surface area contributed by atoms with Gasteiger partial charge in [0.2, 0.25) is 0 Å². The molecule has 2 rings (SSSR count). The SMILES string of the molecule is COc1ccc(C(=O)Nc2cccc(C=O)c2)cc1. The fourth-order valence-electron chi connectivity index (χ4n) is 1.64. The minimum absolute atomic E-state index is 0.231. The van der Waals surface area contributed by atoms with Gasteiger partial charge in [0.05, 0.1) is 7.11 Å². The average Bonchev–Trinajstić information content (AvgIpc) is 2.47. The van der Waals surface area contributed by atoms with Crippen molar-refractivity contribution in [2.75, 3.05) is 12.4 Å². The van der Waals surface area contributed by atoms with Gasteiger partial charge in [0.25, 0.3) is 5.91 Å². The number of methoxy groups -OCH3 is 1. The van der Waals surface area contributed by atoms with Gasteiger partial charge in [-0.05, 0) is 36.4 Å². The Bertz CT molecular complexity index is 591. The Morgan fingerprint density at radius 2 is 1.89 bits per heavy atom. The molecule has 0 radical (unpaired) electrons. The number of hydrogen-bond acceptors (Lipinski definition) is 3. The zero-order valence-corrected chi connectivity index (χ0v) is 10.4. The van der Waals surface area contributed by atoms with Crippen molar-refractivity contribution in [2.45, 2.75) is 0 Å². The Hall–Kier alpha value is -2.62. The largest absolute Gasteiger partial charge is 0.497 e. The van der Waals surface area contributed by atoms with Gasteiger partial charge in [0, 0.05) is 16.8 Å². The van der Waals surface area contributed by atoms with E-state index in [1.54, 1.807) is 55.6 Å². The van der Waals surface area contributed by atoms with Crippen LogP contribution in [0.3, 0.4) is 0 Å². The molecule has 4 nitrogen and oxygen atoms in total. The molecular weight excluding hydrogens is 242 g/mol. The van der Waals surface area contributed by atoms with Gasteiger partial charge in [-0.2, -0.15) is 0 Å². The van der Waals surface area contributed by atoms with Crippen molar-refractivity contribution in [1.82, 2.24) is 0 Å². The summed E-state index contributed by atoms with van der Waals surface area (Å²) in [7, 11) is 1.57. The van der Waals surface area contributed by atoms with Gasteiger partial charge in [0.1, 0.15) is 12.0 Å². The van der Waals surface area contributed by atoms with E-state index in [1.807, 2.05) is 0 Å². The lowest BCUT2D eigenvalue weighted by Crippen LogP contribution is -2.11. The smallest absolute Gasteiger partial charge is 0.255 e. The quantitative estimate of drug-likeness (QED) is 0.855. The minimum Gasteiger partial charge on any atom is -0.497 e. The number of carbonyl (C=O) groups is 2. The molecule has 0 aliphatic carbocycles. The second kappa shape index (κ2) is 5.82. The molecule has 96 valence electrons. The maximum absolute atomic E-state index is 12.0. The number of nitrogens with one attached hydrogen (secondary N) is 1. The molecule has 0 heterocycles. The van der Waals surface area contributed by atoms with Gasteiger partial charge >= 0.3 is 0 Å². The first-order valence-corrected chi connectivity index (χ1v) is 5.73. The number of benzene rings is 2. The molecule has 0 bridgehead atoms. The highest BCUT2D eigenvalue weighted by Crippen LogP contribution is 2.14. The molecule has 4 heteroatoms. The molecule has 2 aromatic rings. The molecule has 0 fully saturated rings. The van der Waals surface area contributed by atoms with E-state index in [0.29, 0.717) is 22.6 Å². The van der Waals surface area contributed by atoms with Crippen LogP contribution in [0.5, 0.6) is 5.75 Å².